The summed E-state index contributed by atoms with van der Waals surface area (Å²) in [5.41, 5.74) is 0. The van der Waals surface area contributed by atoms with E-state index in [2.05, 4.69) is 37.6 Å². The van der Waals surface area contributed by atoms with Crippen LogP contribution in [0.15, 0.2) is 8.47 Å². The molecule has 12 heavy (non-hydrogen) atoms. The van der Waals surface area contributed by atoms with Gasteiger partial charge in [-0.1, -0.05) is 0 Å². The van der Waals surface area contributed by atoms with Crippen LogP contribution in [-0.2, 0) is 0 Å². The molecule has 0 aromatic heterocycles. The molecule has 2 heterocycles. The molecule has 5 heteroatoms. The average molecular weight is 238 g/mol. The quantitative estimate of drug-likeness (QED) is 0.738. The molecule has 0 aliphatic carbocycles. The zero-order chi connectivity index (χ0) is 8.55. The Labute approximate surface area is 90.5 Å². The number of thioether (sulfide) groups is 4. The smallest absolute Gasteiger partial charge is 0.191 e. The summed E-state index contributed by atoms with van der Waals surface area (Å²) < 4.78 is 3.87. The summed E-state index contributed by atoms with van der Waals surface area (Å²) in [6.07, 6.45) is 0. The van der Waals surface area contributed by atoms with Gasteiger partial charge in [-0.05, 0) is 23.5 Å². The molecule has 0 unspecified atom stereocenters. The van der Waals surface area contributed by atoms with Crippen molar-refractivity contribution in [1.82, 2.24) is 0 Å². The van der Waals surface area contributed by atoms with Crippen LogP contribution < -0.4 is 4.90 Å². The highest BCUT2D eigenvalue weighted by Crippen LogP contribution is 2.55. The van der Waals surface area contributed by atoms with E-state index in [9.17, 15) is 0 Å². The van der Waals surface area contributed by atoms with Crippen molar-refractivity contribution in [3.05, 3.63) is 8.47 Å². The zero-order valence-electron chi connectivity index (χ0n) is 7.12. The van der Waals surface area contributed by atoms with Gasteiger partial charge in [0.25, 0.3) is 0 Å². The van der Waals surface area contributed by atoms with E-state index in [0.29, 0.717) is 4.71 Å². The summed E-state index contributed by atoms with van der Waals surface area (Å²) in [6, 6.07) is 0. The molecule has 0 radical (unpaired) electrons. The summed E-state index contributed by atoms with van der Waals surface area (Å²) in [5.74, 6) is 2.60. The van der Waals surface area contributed by atoms with Crippen LogP contribution in [0.25, 0.3) is 0 Å². The van der Waals surface area contributed by atoms with Gasteiger partial charge in [0.1, 0.15) is 0 Å². The average Bonchev–Trinajstić information content (AvgIpc) is 2.46. The Bertz CT molecular complexity index is 195. The minimum atomic E-state index is 0.702. The molecule has 0 fully saturated rings. The molecule has 0 aromatic carbocycles. The van der Waals surface area contributed by atoms with E-state index in [1.165, 1.54) is 11.5 Å². The predicted molar refractivity (Wildman–Crippen MR) is 63.7 cm³/mol. The van der Waals surface area contributed by atoms with Gasteiger partial charge < -0.3 is 4.90 Å². The molecule has 68 valence electrons. The summed E-state index contributed by atoms with van der Waals surface area (Å²) in [4.78, 5) is 1.54. The van der Waals surface area contributed by atoms with Gasteiger partial charge in [-0.25, -0.2) is 0 Å². The predicted octanol–water partition coefficient (Wildman–Crippen LogP) is 1.50. The molecule has 0 bridgehead atoms. The lowest BCUT2D eigenvalue weighted by Crippen LogP contribution is -3.08. The van der Waals surface area contributed by atoms with Gasteiger partial charge in [0.05, 0.1) is 22.6 Å². The van der Waals surface area contributed by atoms with Crippen LogP contribution in [0.2, 0.25) is 0 Å². The molecule has 0 saturated heterocycles. The van der Waals surface area contributed by atoms with Crippen molar-refractivity contribution in [2.45, 2.75) is 4.71 Å². The van der Waals surface area contributed by atoms with E-state index < -0.39 is 0 Å². The van der Waals surface area contributed by atoms with Crippen LogP contribution in [0, 0.1) is 0 Å². The lowest BCUT2D eigenvalue weighted by molar-refractivity contribution is -0.853. The molecule has 1 N–H and O–H groups in total. The second kappa shape index (κ2) is 4.09. The fourth-order valence-electron chi connectivity index (χ4n) is 1.01. The third kappa shape index (κ3) is 1.95. The Balaban J connectivity index is 2.02. The Morgan fingerprint density at radius 2 is 1.58 bits per heavy atom. The van der Waals surface area contributed by atoms with Gasteiger partial charge in [0.2, 0.25) is 0 Å². The molecule has 0 saturated carbocycles. The highest BCUT2D eigenvalue weighted by Gasteiger charge is 2.32. The fourth-order valence-corrected chi connectivity index (χ4v) is 7.37. The van der Waals surface area contributed by atoms with Gasteiger partial charge in [0.15, 0.2) is 4.71 Å². The lowest BCUT2D eigenvalue weighted by atomic mass is 11.0. The SMILES string of the molecule is C[NH+](C)C1SC2=C(SCCS2)S1. The summed E-state index contributed by atoms with van der Waals surface area (Å²) in [7, 11) is 4.47. The Morgan fingerprint density at radius 1 is 1.08 bits per heavy atom. The van der Waals surface area contributed by atoms with Crippen molar-refractivity contribution in [2.75, 3.05) is 25.6 Å². The van der Waals surface area contributed by atoms with Gasteiger partial charge in [-0.2, -0.15) is 0 Å². The maximum Gasteiger partial charge on any atom is 0.191 e. The number of hydrogen-bond acceptors (Lipinski definition) is 4. The van der Waals surface area contributed by atoms with Crippen molar-refractivity contribution in [3.63, 3.8) is 0 Å². The van der Waals surface area contributed by atoms with Crippen molar-refractivity contribution < 1.29 is 4.90 Å². The topological polar surface area (TPSA) is 4.44 Å². The maximum atomic E-state index is 2.23. The standard InChI is InChI=1S/C7H11NS4/c1-8(2)7-11-5-6(12-7)10-4-3-9-5/h7H,3-4H2,1-2H3/p+1. The first-order valence-corrected chi connectivity index (χ1v) is 7.63. The Morgan fingerprint density at radius 3 is 2.00 bits per heavy atom. The third-order valence-corrected chi connectivity index (χ3v) is 8.21. The van der Waals surface area contributed by atoms with E-state index in [4.69, 9.17) is 0 Å². The Hall–Kier alpha value is 1.10. The van der Waals surface area contributed by atoms with Crippen LogP contribution in [0.4, 0.5) is 0 Å². The molecule has 0 spiro atoms. The van der Waals surface area contributed by atoms with Crippen LogP contribution in [0.1, 0.15) is 0 Å². The molecule has 0 amide bonds. The largest absolute Gasteiger partial charge is 0.320 e. The second-order valence-corrected chi connectivity index (χ2v) is 8.17. The normalized spacial score (nSPS) is 25.2. The number of hydrogen-bond donors (Lipinski definition) is 1. The number of nitrogens with one attached hydrogen (secondary N) is 1. The lowest BCUT2D eigenvalue weighted by Gasteiger charge is -2.13. The molecule has 2 aliphatic rings. The van der Waals surface area contributed by atoms with Gasteiger partial charge in [-0.3, -0.25) is 0 Å². The molecule has 1 nitrogen and oxygen atoms in total. The van der Waals surface area contributed by atoms with Crippen LogP contribution >= 0.6 is 47.0 Å². The first-order chi connectivity index (χ1) is 5.77. The van der Waals surface area contributed by atoms with Crippen molar-refractivity contribution >= 4 is 47.0 Å². The van der Waals surface area contributed by atoms with Crippen LogP contribution in [0.5, 0.6) is 0 Å². The molecule has 0 aromatic rings. The van der Waals surface area contributed by atoms with Gasteiger partial charge in [0, 0.05) is 11.5 Å². The third-order valence-electron chi connectivity index (χ3n) is 1.62. The van der Waals surface area contributed by atoms with Crippen LogP contribution in [0.3, 0.4) is 0 Å². The minimum Gasteiger partial charge on any atom is -0.320 e. The summed E-state index contributed by atoms with van der Waals surface area (Å²) >= 11 is 8.19. The first-order valence-electron chi connectivity index (χ1n) is 3.90. The highest BCUT2D eigenvalue weighted by molar-refractivity contribution is 8.38. The molecule has 2 aliphatic heterocycles. The first kappa shape index (κ1) is 9.65. The fraction of sp³-hybridized carbons (Fsp3) is 0.714. The van der Waals surface area contributed by atoms with Crippen molar-refractivity contribution in [2.24, 2.45) is 0 Å². The monoisotopic (exact) mass is 238 g/mol. The van der Waals surface area contributed by atoms with Crippen LogP contribution in [-0.4, -0.2) is 30.3 Å². The highest BCUT2D eigenvalue weighted by atomic mass is 32.3. The maximum absolute atomic E-state index is 2.23. The van der Waals surface area contributed by atoms with Gasteiger partial charge in [-0.15, -0.1) is 23.5 Å². The van der Waals surface area contributed by atoms with E-state index in [0.717, 1.165) is 0 Å². The molecule has 0 atom stereocenters. The van der Waals surface area contributed by atoms with Crippen molar-refractivity contribution in [3.8, 4) is 0 Å². The second-order valence-electron chi connectivity index (χ2n) is 2.92. The Kier molecular flexibility index (Phi) is 3.29. The molecular weight excluding hydrogens is 226 g/mol. The van der Waals surface area contributed by atoms with Gasteiger partial charge >= 0.3 is 0 Å². The zero-order valence-corrected chi connectivity index (χ0v) is 10.4. The number of quaternary nitrogens is 1. The van der Waals surface area contributed by atoms with Crippen molar-refractivity contribution in [1.29, 1.82) is 0 Å². The van der Waals surface area contributed by atoms with E-state index in [1.54, 1.807) is 13.4 Å². The van der Waals surface area contributed by atoms with E-state index in [1.807, 2.05) is 23.5 Å². The molecule has 2 rings (SSSR count). The number of rotatable bonds is 1. The van der Waals surface area contributed by atoms with E-state index in [-0.39, 0.29) is 0 Å². The molecular formula is C7H12NS4+. The van der Waals surface area contributed by atoms with E-state index >= 15 is 0 Å². The summed E-state index contributed by atoms with van der Waals surface area (Å²) in [6.45, 7) is 0. The minimum absolute atomic E-state index is 0.702. The summed E-state index contributed by atoms with van der Waals surface area (Å²) in [5, 5.41) is 0.